The summed E-state index contributed by atoms with van der Waals surface area (Å²) in [6.07, 6.45) is 0. The molecule has 28 heavy (non-hydrogen) atoms. The van der Waals surface area contributed by atoms with Crippen LogP contribution in [0.4, 0.5) is 0 Å². The molecule has 1 amide bonds. The number of nitrogens with zero attached hydrogens (tertiary/aromatic N) is 2. The molecule has 8 heteroatoms. The van der Waals surface area contributed by atoms with E-state index in [1.165, 1.54) is 25.6 Å². The van der Waals surface area contributed by atoms with Gasteiger partial charge in [0.25, 0.3) is 5.91 Å². The minimum atomic E-state index is -0.395. The average Bonchev–Trinajstić information content (AvgIpc) is 3.02. The fourth-order valence-corrected chi connectivity index (χ4v) is 3.76. The largest absolute Gasteiger partial charge is 0.493 e. The minimum Gasteiger partial charge on any atom is -0.493 e. The van der Waals surface area contributed by atoms with Gasteiger partial charge >= 0.3 is 5.97 Å². The molecule has 0 unspecified atom stereocenters. The number of hydrogen-bond donors (Lipinski definition) is 0. The summed E-state index contributed by atoms with van der Waals surface area (Å²) in [4.78, 5) is 29.3. The van der Waals surface area contributed by atoms with Crippen molar-refractivity contribution >= 4 is 33.4 Å². The quantitative estimate of drug-likeness (QED) is 0.615. The van der Waals surface area contributed by atoms with E-state index >= 15 is 0 Å². The second kappa shape index (κ2) is 8.26. The van der Waals surface area contributed by atoms with E-state index in [9.17, 15) is 9.59 Å². The number of methoxy groups -OCH3 is 2. The standard InChI is InChI=1S/C20H20N2O5S/c1-5-27-19(24)13-6-8-14-17(11-13)28-20(22(14)2)21-18(23)12-7-9-15(25-3)16(10-12)26-4/h6-11H,5H2,1-4H3. The van der Waals surface area contributed by atoms with Crippen molar-refractivity contribution in [1.82, 2.24) is 4.57 Å². The molecule has 0 aliphatic carbocycles. The highest BCUT2D eigenvalue weighted by Crippen LogP contribution is 2.27. The maximum atomic E-state index is 12.6. The molecule has 0 spiro atoms. The number of esters is 1. The highest BCUT2D eigenvalue weighted by Gasteiger charge is 2.13. The van der Waals surface area contributed by atoms with E-state index < -0.39 is 5.91 Å². The number of amides is 1. The zero-order valence-electron chi connectivity index (χ0n) is 16.0. The van der Waals surface area contributed by atoms with Crippen LogP contribution in [0.25, 0.3) is 10.2 Å². The Morgan fingerprint density at radius 1 is 1.04 bits per heavy atom. The molecule has 0 fully saturated rings. The fourth-order valence-electron chi connectivity index (χ4n) is 2.70. The van der Waals surface area contributed by atoms with Gasteiger partial charge in [0.15, 0.2) is 16.3 Å². The highest BCUT2D eigenvalue weighted by molar-refractivity contribution is 7.16. The van der Waals surface area contributed by atoms with Crippen LogP contribution in [0.1, 0.15) is 27.6 Å². The van der Waals surface area contributed by atoms with Gasteiger partial charge < -0.3 is 18.8 Å². The van der Waals surface area contributed by atoms with Crippen LogP contribution >= 0.6 is 11.3 Å². The van der Waals surface area contributed by atoms with E-state index in [1.807, 2.05) is 17.7 Å². The van der Waals surface area contributed by atoms with Crippen molar-refractivity contribution < 1.29 is 23.8 Å². The Morgan fingerprint density at radius 3 is 2.43 bits per heavy atom. The summed E-state index contributed by atoms with van der Waals surface area (Å²) >= 11 is 1.33. The number of carbonyl (C=O) groups is 2. The van der Waals surface area contributed by atoms with E-state index in [4.69, 9.17) is 14.2 Å². The summed E-state index contributed by atoms with van der Waals surface area (Å²) in [5, 5.41) is 0. The zero-order chi connectivity index (χ0) is 20.3. The second-order valence-electron chi connectivity index (χ2n) is 5.83. The van der Waals surface area contributed by atoms with Crippen molar-refractivity contribution in [1.29, 1.82) is 0 Å². The Morgan fingerprint density at radius 2 is 1.75 bits per heavy atom. The summed E-state index contributed by atoms with van der Waals surface area (Å²) in [6, 6.07) is 10.2. The molecule has 0 aliphatic heterocycles. The van der Waals surface area contributed by atoms with Crippen molar-refractivity contribution in [3.05, 3.63) is 52.3 Å². The van der Waals surface area contributed by atoms with Crippen LogP contribution in [0, 0.1) is 0 Å². The summed E-state index contributed by atoms with van der Waals surface area (Å²) in [6.45, 7) is 2.08. The Hall–Kier alpha value is -3.13. The first kappa shape index (κ1) is 19.6. The molecule has 3 rings (SSSR count). The third-order valence-corrected chi connectivity index (χ3v) is 5.24. The molecule has 146 valence electrons. The van der Waals surface area contributed by atoms with Crippen LogP contribution in [0.3, 0.4) is 0 Å². The number of fused-ring (bicyclic) bond motifs is 1. The normalized spacial score (nSPS) is 11.5. The smallest absolute Gasteiger partial charge is 0.338 e. The lowest BCUT2D eigenvalue weighted by atomic mass is 10.2. The van der Waals surface area contributed by atoms with Crippen molar-refractivity contribution in [3.63, 3.8) is 0 Å². The number of rotatable bonds is 5. The van der Waals surface area contributed by atoms with Gasteiger partial charge in [-0.3, -0.25) is 4.79 Å². The molecule has 0 aliphatic rings. The van der Waals surface area contributed by atoms with Crippen LogP contribution in [-0.2, 0) is 11.8 Å². The SMILES string of the molecule is CCOC(=O)c1ccc2c(c1)sc(=NC(=O)c1ccc(OC)c(OC)c1)n2C. The van der Waals surface area contributed by atoms with E-state index in [0.29, 0.717) is 34.0 Å². The van der Waals surface area contributed by atoms with Crippen molar-refractivity contribution in [2.45, 2.75) is 6.92 Å². The first-order chi connectivity index (χ1) is 13.5. The van der Waals surface area contributed by atoms with Crippen molar-refractivity contribution in [2.24, 2.45) is 12.0 Å². The Kier molecular flexibility index (Phi) is 5.79. The van der Waals surface area contributed by atoms with Gasteiger partial charge in [-0.2, -0.15) is 4.99 Å². The first-order valence-corrected chi connectivity index (χ1v) is 9.38. The number of benzene rings is 2. The van der Waals surface area contributed by atoms with Crippen LogP contribution in [0.5, 0.6) is 11.5 Å². The predicted molar refractivity (Wildman–Crippen MR) is 106 cm³/mol. The number of aryl methyl sites for hydroxylation is 1. The lowest BCUT2D eigenvalue weighted by Gasteiger charge is -2.07. The van der Waals surface area contributed by atoms with Crippen molar-refractivity contribution in [3.8, 4) is 11.5 Å². The number of aromatic nitrogens is 1. The molecule has 7 nitrogen and oxygen atoms in total. The zero-order valence-corrected chi connectivity index (χ0v) is 16.8. The van der Waals surface area contributed by atoms with Gasteiger partial charge in [-0.25, -0.2) is 4.79 Å². The summed E-state index contributed by atoms with van der Waals surface area (Å²) in [5.74, 6) is 0.232. The number of ether oxygens (including phenoxy) is 3. The maximum Gasteiger partial charge on any atom is 0.338 e. The lowest BCUT2D eigenvalue weighted by molar-refractivity contribution is 0.0526. The average molecular weight is 400 g/mol. The summed E-state index contributed by atoms with van der Waals surface area (Å²) in [7, 11) is 4.87. The van der Waals surface area contributed by atoms with E-state index in [0.717, 1.165) is 10.2 Å². The first-order valence-electron chi connectivity index (χ1n) is 8.56. The number of hydrogen-bond acceptors (Lipinski definition) is 6. The molecule has 0 bridgehead atoms. The fraction of sp³-hybridized carbons (Fsp3) is 0.250. The minimum absolute atomic E-state index is 0.315. The van der Waals surface area contributed by atoms with Crippen molar-refractivity contribution in [2.75, 3.05) is 20.8 Å². The Labute approximate surface area is 165 Å². The molecular weight excluding hydrogens is 380 g/mol. The van der Waals surface area contributed by atoms with Gasteiger partial charge in [-0.1, -0.05) is 11.3 Å². The van der Waals surface area contributed by atoms with E-state index in [-0.39, 0.29) is 5.97 Å². The molecule has 1 aromatic heterocycles. The third kappa shape index (κ3) is 3.77. The molecule has 3 aromatic rings. The van der Waals surface area contributed by atoms with Gasteiger partial charge in [-0.15, -0.1) is 0 Å². The topological polar surface area (TPSA) is 79.1 Å². The van der Waals surface area contributed by atoms with Crippen LogP contribution in [-0.4, -0.2) is 37.3 Å². The van der Waals surface area contributed by atoms with Crippen LogP contribution < -0.4 is 14.3 Å². The molecular formula is C20H20N2O5S. The van der Waals surface area contributed by atoms with Gasteiger partial charge in [0, 0.05) is 12.6 Å². The molecule has 0 radical (unpaired) electrons. The van der Waals surface area contributed by atoms with Gasteiger partial charge in [-0.05, 0) is 43.3 Å². The van der Waals surface area contributed by atoms with Gasteiger partial charge in [0.05, 0.1) is 36.6 Å². The van der Waals surface area contributed by atoms with Gasteiger partial charge in [0.1, 0.15) is 0 Å². The maximum absolute atomic E-state index is 12.6. The molecule has 0 saturated heterocycles. The third-order valence-electron chi connectivity index (χ3n) is 4.15. The monoisotopic (exact) mass is 400 g/mol. The van der Waals surface area contributed by atoms with E-state index in [1.54, 1.807) is 37.3 Å². The lowest BCUT2D eigenvalue weighted by Crippen LogP contribution is -2.13. The summed E-state index contributed by atoms with van der Waals surface area (Å²) < 4.78 is 18.1. The number of carbonyl (C=O) groups excluding carboxylic acids is 2. The molecule has 0 atom stereocenters. The summed E-state index contributed by atoms with van der Waals surface area (Å²) in [5.41, 5.74) is 1.73. The Bertz CT molecular complexity index is 1110. The van der Waals surface area contributed by atoms with Crippen LogP contribution in [0.2, 0.25) is 0 Å². The van der Waals surface area contributed by atoms with Gasteiger partial charge in [0.2, 0.25) is 0 Å². The second-order valence-corrected chi connectivity index (χ2v) is 6.84. The number of thiazole rings is 1. The predicted octanol–water partition coefficient (Wildman–Crippen LogP) is 3.17. The molecule has 1 heterocycles. The van der Waals surface area contributed by atoms with Crippen LogP contribution in [0.15, 0.2) is 41.4 Å². The highest BCUT2D eigenvalue weighted by atomic mass is 32.1. The molecule has 0 saturated carbocycles. The Balaban J connectivity index is 2.00. The molecule has 0 N–H and O–H groups in total. The van der Waals surface area contributed by atoms with E-state index in [2.05, 4.69) is 4.99 Å². The molecule has 2 aromatic carbocycles.